The van der Waals surface area contributed by atoms with Gasteiger partial charge in [-0.15, -0.1) is 6.92 Å². The van der Waals surface area contributed by atoms with E-state index in [0.29, 0.717) is 11.5 Å². The fourth-order valence-electron chi connectivity index (χ4n) is 1.73. The van der Waals surface area contributed by atoms with E-state index in [1.54, 1.807) is 6.92 Å². The molecule has 0 spiro atoms. The minimum Gasteiger partial charge on any atom is -0.549 e. The predicted molar refractivity (Wildman–Crippen MR) is 66.4 cm³/mol. The number of nitrogens with one attached hydrogen (secondary N) is 1. The third-order valence-electron chi connectivity index (χ3n) is 2.60. The molecule has 1 saturated heterocycles. The predicted octanol–water partition coefficient (Wildman–Crippen LogP) is -1.51. The quantitative estimate of drug-likeness (QED) is 0.323. The van der Waals surface area contributed by atoms with Crippen LogP contribution in [0, 0.1) is 19.3 Å². The van der Waals surface area contributed by atoms with Crippen LogP contribution in [0.1, 0.15) is 12.1 Å². The smallest absolute Gasteiger partial charge is 0.333 e. The molecule has 0 amide bonds. The number of rotatable bonds is 5. The topological polar surface area (TPSA) is 137 Å². The summed E-state index contributed by atoms with van der Waals surface area (Å²) in [6.45, 7) is 1.38. The van der Waals surface area contributed by atoms with Gasteiger partial charge in [-0.1, -0.05) is 0 Å². The molecule has 0 saturated carbocycles. The minimum absolute atomic E-state index is 0. The van der Waals surface area contributed by atoms with Gasteiger partial charge >= 0.3 is 10.3 Å². The van der Waals surface area contributed by atoms with Gasteiger partial charge in [-0.05, 0) is 0 Å². The van der Waals surface area contributed by atoms with Gasteiger partial charge in [-0.25, -0.2) is 5.14 Å². The Morgan fingerprint density at radius 3 is 2.77 bits per heavy atom. The molecule has 130 valence electrons. The maximum absolute atomic E-state index is 10.7. The standard InChI is InChI=1S/C10H14N4O5S.2Rh/c1-6-2-9(13-5-12-6)14-10-3-7(15)8(19-10)4-18-20(11,16)17;;/h7-8,10,15H,3-4H2,1H3,(H2,11,16,17)(H,12,13,14);;/q-2;;/t7-,8+,10+;;/m0../s1. The molecule has 2 heterocycles. The van der Waals surface area contributed by atoms with Crippen molar-refractivity contribution in [3.05, 3.63) is 18.1 Å². The Balaban J connectivity index is 0.00000220. The van der Waals surface area contributed by atoms with Crippen LogP contribution in [0.15, 0.2) is 0 Å². The van der Waals surface area contributed by atoms with Crippen LogP contribution < -0.4 is 10.5 Å². The molecule has 0 aliphatic carbocycles. The monoisotopic (exact) mass is 508 g/mol. The Bertz CT molecular complexity index is 576. The first-order valence-electron chi connectivity index (χ1n) is 5.75. The zero-order valence-corrected chi connectivity index (χ0v) is 15.4. The Kier molecular flexibility index (Phi) is 9.24. The average Bonchev–Trinajstić information content (AvgIpc) is 2.66. The van der Waals surface area contributed by atoms with Gasteiger partial charge < -0.3 is 31.2 Å². The maximum atomic E-state index is 10.7. The third kappa shape index (κ3) is 7.00. The van der Waals surface area contributed by atoms with Gasteiger partial charge in [-0.2, -0.15) is 14.2 Å². The van der Waals surface area contributed by atoms with Gasteiger partial charge in [0.25, 0.3) is 0 Å². The summed E-state index contributed by atoms with van der Waals surface area (Å²) in [5, 5.41) is 17.3. The molecule has 1 aliphatic heterocycles. The molecule has 1 aromatic rings. The van der Waals surface area contributed by atoms with Crippen LogP contribution in [-0.4, -0.2) is 48.5 Å². The fraction of sp³-hybridized carbons (Fsp3) is 0.600. The van der Waals surface area contributed by atoms with Gasteiger partial charge in [0.1, 0.15) is 12.3 Å². The van der Waals surface area contributed by atoms with Crippen LogP contribution in [0.2, 0.25) is 0 Å². The van der Waals surface area contributed by atoms with Crippen LogP contribution in [0.3, 0.4) is 0 Å². The van der Waals surface area contributed by atoms with Gasteiger partial charge in [-0.3, -0.25) is 9.88 Å². The van der Waals surface area contributed by atoms with E-state index < -0.39 is 28.7 Å². The molecule has 0 bridgehead atoms. The summed E-state index contributed by atoms with van der Waals surface area (Å²) >= 11 is 0. The molecule has 1 fully saturated rings. The largest absolute Gasteiger partial charge is 0.549 e. The molecule has 0 aromatic carbocycles. The van der Waals surface area contributed by atoms with E-state index in [4.69, 9.17) is 9.88 Å². The van der Waals surface area contributed by atoms with Crippen LogP contribution in [-0.2, 0) is 58.2 Å². The van der Waals surface area contributed by atoms with Crippen molar-refractivity contribution in [1.82, 2.24) is 9.97 Å². The van der Waals surface area contributed by atoms with E-state index in [1.165, 1.54) is 0 Å². The Morgan fingerprint density at radius 1 is 1.50 bits per heavy atom. The van der Waals surface area contributed by atoms with Crippen molar-refractivity contribution in [2.45, 2.75) is 31.8 Å². The van der Waals surface area contributed by atoms with Crippen LogP contribution in [0.4, 0.5) is 5.82 Å². The Morgan fingerprint density at radius 2 is 2.18 bits per heavy atom. The molecule has 1 aromatic heterocycles. The van der Waals surface area contributed by atoms with Crippen molar-refractivity contribution in [2.75, 3.05) is 11.9 Å². The van der Waals surface area contributed by atoms with E-state index in [2.05, 4.69) is 31.9 Å². The summed E-state index contributed by atoms with van der Waals surface area (Å²) in [6, 6.07) is 2.85. The first-order chi connectivity index (χ1) is 9.33. The summed E-state index contributed by atoms with van der Waals surface area (Å²) in [4.78, 5) is 7.61. The molecule has 1 aliphatic rings. The SMILES string of the molecule is Cc1[c-]c(N[C@H]2C[C@H](O)[C@@H](COS(N)(=O)=O)O2)n[c-]n1.[Rh].[Rh]. The molecule has 3 atom stereocenters. The molecule has 12 heteroatoms. The van der Waals surface area contributed by atoms with Crippen LogP contribution in [0.5, 0.6) is 0 Å². The van der Waals surface area contributed by atoms with E-state index >= 15 is 0 Å². The van der Waals surface area contributed by atoms with Crippen molar-refractivity contribution in [2.24, 2.45) is 5.14 Å². The third-order valence-corrected chi connectivity index (χ3v) is 3.06. The van der Waals surface area contributed by atoms with Crippen molar-refractivity contribution < 1.29 is 61.4 Å². The zero-order valence-electron chi connectivity index (χ0n) is 11.3. The number of hydrogen-bond acceptors (Lipinski definition) is 8. The number of nitrogens with zero attached hydrogens (tertiary/aromatic N) is 2. The number of aryl methyl sites for hydroxylation is 1. The maximum Gasteiger partial charge on any atom is 0.333 e. The summed E-state index contributed by atoms with van der Waals surface area (Å²) in [5.74, 6) is 0.378. The molecular weight excluding hydrogens is 494 g/mol. The van der Waals surface area contributed by atoms with Crippen LogP contribution in [0.25, 0.3) is 0 Å². The number of aromatic nitrogens is 2. The van der Waals surface area contributed by atoms with Gasteiger partial charge in [0.05, 0.1) is 12.7 Å². The van der Waals surface area contributed by atoms with Crippen molar-refractivity contribution in [1.29, 1.82) is 0 Å². The van der Waals surface area contributed by atoms with E-state index in [-0.39, 0.29) is 52.0 Å². The Labute approximate surface area is 154 Å². The van der Waals surface area contributed by atoms with Gasteiger partial charge in [0, 0.05) is 51.7 Å². The second kappa shape index (κ2) is 9.27. The number of nitrogens with two attached hydrogens (primary N) is 1. The molecule has 0 unspecified atom stereocenters. The summed E-state index contributed by atoms with van der Waals surface area (Å²) in [5.41, 5.74) is 0.607. The second-order valence-corrected chi connectivity index (χ2v) is 5.49. The van der Waals surface area contributed by atoms with Crippen molar-refractivity contribution in [3.63, 3.8) is 0 Å². The first kappa shape index (κ1) is 21.9. The number of ether oxygens (including phenoxy) is 1. The van der Waals surface area contributed by atoms with Gasteiger partial charge in [0.2, 0.25) is 0 Å². The fourth-order valence-corrected chi connectivity index (χ4v) is 2.06. The van der Waals surface area contributed by atoms with Gasteiger partial charge in [0.15, 0.2) is 0 Å². The van der Waals surface area contributed by atoms with E-state index in [1.807, 2.05) is 0 Å². The van der Waals surface area contributed by atoms with Crippen molar-refractivity contribution >= 4 is 16.1 Å². The molecule has 2 radical (unpaired) electrons. The molecule has 4 N–H and O–H groups in total. The van der Waals surface area contributed by atoms with Crippen molar-refractivity contribution in [3.8, 4) is 0 Å². The molecule has 9 nitrogen and oxygen atoms in total. The first-order valence-corrected chi connectivity index (χ1v) is 7.22. The number of aliphatic hydroxyl groups is 1. The minimum atomic E-state index is -4.06. The number of aliphatic hydroxyl groups excluding tert-OH is 1. The number of hydrogen-bond donors (Lipinski definition) is 3. The van der Waals surface area contributed by atoms with E-state index in [0.717, 1.165) is 0 Å². The van der Waals surface area contributed by atoms with E-state index in [9.17, 15) is 13.5 Å². The summed E-state index contributed by atoms with van der Waals surface area (Å²) in [6.07, 6.45) is 0.473. The summed E-state index contributed by atoms with van der Waals surface area (Å²) in [7, 11) is -4.06. The molecule has 22 heavy (non-hydrogen) atoms. The second-order valence-electron chi connectivity index (χ2n) is 4.27. The zero-order chi connectivity index (χ0) is 14.8. The molecule has 2 rings (SSSR count). The number of anilines is 1. The molecular formula is C10H14N4O5Rh2S-2. The summed E-state index contributed by atoms with van der Waals surface area (Å²) < 4.78 is 31.2. The average molecular weight is 508 g/mol. The van der Waals surface area contributed by atoms with Crippen LogP contribution >= 0.6 is 0 Å². The Hall–Kier alpha value is -0.0832. The normalized spacial score (nSPS) is 24.2.